The molecule has 0 aromatic heterocycles. The molecule has 0 N–H and O–H groups in total. The predicted molar refractivity (Wildman–Crippen MR) is 219 cm³/mol. The van der Waals surface area contributed by atoms with Crippen LogP contribution in [-0.2, 0) is 53.0 Å². The third-order valence-electron chi connectivity index (χ3n) is 8.08. The van der Waals surface area contributed by atoms with Gasteiger partial charge in [-0.2, -0.15) is 0 Å². The first-order valence-electron chi connectivity index (χ1n) is 17.9. The summed E-state index contributed by atoms with van der Waals surface area (Å²) in [5.41, 5.74) is 3.23. The maximum absolute atomic E-state index is 12.4. The average Bonchev–Trinajstić information content (AvgIpc) is 3.82. The molecule has 54 heavy (non-hydrogen) atoms. The van der Waals surface area contributed by atoms with E-state index in [-0.39, 0.29) is 76.2 Å². The minimum atomic E-state index is -0.318. The Morgan fingerprint density at radius 3 is 1.19 bits per heavy atom. The molecule has 2 heterocycles. The quantitative estimate of drug-likeness (QED) is 0.229. The molecule has 2 aliphatic heterocycles. The van der Waals surface area contributed by atoms with Crippen molar-refractivity contribution in [2.75, 3.05) is 39.5 Å². The van der Waals surface area contributed by atoms with Crippen LogP contribution in [0.25, 0.3) is 0 Å². The Labute approximate surface area is 368 Å². The molecule has 0 radical (unpaired) electrons. The minimum absolute atomic E-state index is 0. The number of ether oxygens (including phenoxy) is 2. The second-order valence-electron chi connectivity index (χ2n) is 16.0. The number of aliphatic imine (C=N–C) groups is 2. The summed E-state index contributed by atoms with van der Waals surface area (Å²) in [6.45, 7) is 23.4. The van der Waals surface area contributed by atoms with E-state index in [4.69, 9.17) is 55.9 Å². The maximum atomic E-state index is 12.4. The van der Waals surface area contributed by atoms with Gasteiger partial charge in [-0.15, -0.1) is 5.75 Å². The van der Waals surface area contributed by atoms with Gasteiger partial charge in [0.1, 0.15) is 0 Å². The number of benzene rings is 3. The Hall–Kier alpha value is -1.42. The van der Waals surface area contributed by atoms with Gasteiger partial charge in [-0.25, -0.2) is 0 Å². The number of hydrogen-bond donors (Lipinski definition) is 0. The van der Waals surface area contributed by atoms with Gasteiger partial charge in [-0.3, -0.25) is 9.98 Å². The summed E-state index contributed by atoms with van der Waals surface area (Å²) in [7, 11) is 0. The van der Waals surface area contributed by atoms with Crippen molar-refractivity contribution in [3.63, 3.8) is 0 Å². The summed E-state index contributed by atoms with van der Waals surface area (Å²) < 4.78 is 9.89. The summed E-state index contributed by atoms with van der Waals surface area (Å²) >= 11 is 23.5. The molecule has 12 heteroatoms. The molecule has 0 saturated carbocycles. The average molecular weight is 899 g/mol. The van der Waals surface area contributed by atoms with E-state index in [2.05, 4.69) is 58.5 Å². The van der Waals surface area contributed by atoms with E-state index < -0.39 is 0 Å². The van der Waals surface area contributed by atoms with E-state index in [1.54, 1.807) is 0 Å². The summed E-state index contributed by atoms with van der Waals surface area (Å²) in [4.78, 5) is 8.62. The zero-order valence-corrected chi connectivity index (χ0v) is 39.1. The van der Waals surface area contributed by atoms with Crippen LogP contribution in [0.4, 0.5) is 0 Å². The van der Waals surface area contributed by atoms with Crippen molar-refractivity contribution in [3.8, 4) is 17.2 Å². The molecular weight excluding hydrogens is 843 g/mol. The van der Waals surface area contributed by atoms with Crippen LogP contribution in [0.2, 0.25) is 20.1 Å². The summed E-state index contributed by atoms with van der Waals surface area (Å²) in [6, 6.07) is 9.88. The Balaban J connectivity index is 0.000000449. The van der Waals surface area contributed by atoms with Crippen molar-refractivity contribution < 1.29 is 57.5 Å². The molecule has 2 fully saturated rings. The molecule has 0 unspecified atom stereocenters. The molecule has 2 aliphatic rings. The molecule has 0 aliphatic carbocycles. The van der Waals surface area contributed by atoms with Crippen LogP contribution in [0, 0.1) is 12.3 Å². The van der Waals surface area contributed by atoms with Gasteiger partial charge >= 0.3 is 32.7 Å². The molecule has 0 spiro atoms. The molecule has 0 bridgehead atoms. The van der Waals surface area contributed by atoms with Crippen molar-refractivity contribution in [3.05, 3.63) is 84.3 Å². The maximum Gasteiger partial charge on any atom is 3.00 e. The Kier molecular flexibility index (Phi) is 22.2. The van der Waals surface area contributed by atoms with Gasteiger partial charge in [0.2, 0.25) is 0 Å². The van der Waals surface area contributed by atoms with Crippen molar-refractivity contribution in [2.45, 2.75) is 98.8 Å². The van der Waals surface area contributed by atoms with Gasteiger partial charge in [-0.1, -0.05) is 131 Å². The fraction of sp³-hybridized carbons (Fsp3) is 0.524. The second-order valence-corrected chi connectivity index (χ2v) is 17.7. The molecule has 2 saturated heterocycles. The van der Waals surface area contributed by atoms with Crippen LogP contribution in [0.3, 0.4) is 0 Å². The van der Waals surface area contributed by atoms with E-state index in [1.807, 2.05) is 26.0 Å². The van der Waals surface area contributed by atoms with Crippen molar-refractivity contribution in [2.24, 2.45) is 15.4 Å². The third kappa shape index (κ3) is 18.2. The SMILES string of the molecule is C1CCOC1.C1CCOC1.CC(C)(CN=Cc1cc(Cl)cc(Cl)c1[O-])CN=Cc1cc(Cl)cc(Cl)c1[O-].Cc1cc(C(C)(C)C)c([O-])c(C(C)(C)C)c1.[Y+3]. The Morgan fingerprint density at radius 2 is 0.907 bits per heavy atom. The van der Waals surface area contributed by atoms with Gasteiger partial charge in [0.25, 0.3) is 0 Å². The third-order valence-corrected chi connectivity index (χ3v) is 9.08. The fourth-order valence-corrected chi connectivity index (χ4v) is 6.11. The summed E-state index contributed by atoms with van der Waals surface area (Å²) in [6.07, 6.45) is 8.02. The number of aryl methyl sites for hydroxylation is 1. The zero-order valence-electron chi connectivity index (χ0n) is 33.2. The van der Waals surface area contributed by atoms with Crippen molar-refractivity contribution in [1.29, 1.82) is 0 Å². The van der Waals surface area contributed by atoms with Crippen LogP contribution >= 0.6 is 46.4 Å². The molecule has 0 amide bonds. The monoisotopic (exact) mass is 896 g/mol. The number of nitrogens with zero attached hydrogens (tertiary/aromatic N) is 2. The van der Waals surface area contributed by atoms with Crippen LogP contribution in [-0.4, -0.2) is 51.9 Å². The normalized spacial score (nSPS) is 14.5. The zero-order chi connectivity index (χ0) is 40.0. The van der Waals surface area contributed by atoms with Gasteiger partial charge in [0, 0.05) is 77.5 Å². The van der Waals surface area contributed by atoms with Gasteiger partial charge in [0.15, 0.2) is 0 Å². The largest absolute Gasteiger partial charge is 3.00 e. The topological polar surface area (TPSA) is 112 Å². The van der Waals surface area contributed by atoms with Gasteiger partial charge in [-0.05, 0) is 90.0 Å². The van der Waals surface area contributed by atoms with E-state index in [1.165, 1.54) is 67.9 Å². The molecule has 3 aromatic carbocycles. The number of halogens is 4. The molecule has 0 atom stereocenters. The van der Waals surface area contributed by atoms with Crippen molar-refractivity contribution in [1.82, 2.24) is 0 Å². The Morgan fingerprint density at radius 1 is 0.574 bits per heavy atom. The molecule has 294 valence electrons. The molecular formula is C42H55Cl4N2O5Y. The minimum Gasteiger partial charge on any atom is -0.872 e. The van der Waals surface area contributed by atoms with Crippen LogP contribution in [0.1, 0.15) is 109 Å². The summed E-state index contributed by atoms with van der Waals surface area (Å²) in [5, 5.41) is 37.1. The summed E-state index contributed by atoms with van der Waals surface area (Å²) in [5.74, 6) is -0.423. The number of hydrogen-bond acceptors (Lipinski definition) is 7. The standard InChI is InChI=1S/C19H18Cl4N2O2.C15H24O.2C4H8O.Y/c1-19(2,9-24-7-11-3-13(20)5-15(22)17(11)26)10-25-8-12-4-14(21)6-16(23)18(12)27;1-10-8-11(14(2,3)4)13(16)12(9-10)15(5,6)7;2*1-2-4-5-3-1;/h3-8,26-27H,9-10H2,1-2H3;8-9,16H,1-7H3;2*1-4H2;/q;;;;+3/p-3. The fourth-order valence-electron chi connectivity index (χ4n) is 5.09. The smallest absolute Gasteiger partial charge is 0.872 e. The van der Waals surface area contributed by atoms with E-state index >= 15 is 0 Å². The van der Waals surface area contributed by atoms with Crippen LogP contribution in [0.15, 0.2) is 46.4 Å². The Bertz CT molecular complexity index is 1540. The first-order valence-corrected chi connectivity index (χ1v) is 19.4. The first kappa shape index (κ1) is 50.6. The van der Waals surface area contributed by atoms with Crippen LogP contribution < -0.4 is 15.3 Å². The molecule has 5 rings (SSSR count). The number of rotatable bonds is 6. The van der Waals surface area contributed by atoms with E-state index in [0.29, 0.717) is 34.3 Å². The van der Waals surface area contributed by atoms with Crippen LogP contribution in [0.5, 0.6) is 17.2 Å². The van der Waals surface area contributed by atoms with E-state index in [0.717, 1.165) is 37.6 Å². The van der Waals surface area contributed by atoms with Gasteiger partial charge in [0.05, 0.1) is 0 Å². The molecule has 3 aromatic rings. The predicted octanol–water partition coefficient (Wildman–Crippen LogP) is 10.3. The van der Waals surface area contributed by atoms with E-state index in [9.17, 15) is 15.3 Å². The van der Waals surface area contributed by atoms with Gasteiger partial charge < -0.3 is 24.8 Å². The second kappa shape index (κ2) is 23.7. The first-order chi connectivity index (χ1) is 24.6. The molecule has 7 nitrogen and oxygen atoms in total. The van der Waals surface area contributed by atoms with Crippen molar-refractivity contribution >= 4 is 58.8 Å².